The maximum Gasteiger partial charge on any atom is 0.310 e. The second-order valence-corrected chi connectivity index (χ2v) is 9.75. The van der Waals surface area contributed by atoms with Crippen molar-refractivity contribution in [2.24, 2.45) is 0 Å². The zero-order chi connectivity index (χ0) is 24.8. The molecule has 0 radical (unpaired) electrons. The quantitative estimate of drug-likeness (QED) is 0.263. The van der Waals surface area contributed by atoms with Gasteiger partial charge in [-0.2, -0.15) is 0 Å². The summed E-state index contributed by atoms with van der Waals surface area (Å²) in [5.41, 5.74) is 1.62. The Morgan fingerprint density at radius 2 is 1.35 bits per heavy atom. The van der Waals surface area contributed by atoms with Gasteiger partial charge in [0.05, 0.1) is 31.1 Å². The van der Waals surface area contributed by atoms with Crippen molar-refractivity contribution in [1.29, 1.82) is 0 Å². The van der Waals surface area contributed by atoms with Gasteiger partial charge in [-0.15, -0.1) is 22.7 Å². The third kappa shape index (κ3) is 6.33. The standard InChI is InChI=1S/2C12H11ClO3S/c1-2-16-11(15)3-7-6-17-10-5-8(14)4-9(13)12(7)10;1-2-16-11(15)3-7-6-17-10-5-8(13)4-9(14)12(7)10/h2*4-6,14H,2-3H2,1H3. The highest BCUT2D eigenvalue weighted by Crippen LogP contribution is 2.37. The van der Waals surface area contributed by atoms with Gasteiger partial charge in [-0.25, -0.2) is 0 Å². The van der Waals surface area contributed by atoms with E-state index in [0.717, 1.165) is 25.9 Å². The lowest BCUT2D eigenvalue weighted by Gasteiger charge is -2.02. The minimum absolute atomic E-state index is 0.105. The van der Waals surface area contributed by atoms with Gasteiger partial charge in [-0.05, 0) is 60.0 Å². The molecule has 0 fully saturated rings. The van der Waals surface area contributed by atoms with E-state index >= 15 is 0 Å². The second-order valence-electron chi connectivity index (χ2n) is 7.08. The van der Waals surface area contributed by atoms with Crippen LogP contribution in [0.2, 0.25) is 10.0 Å². The summed E-state index contributed by atoms with van der Waals surface area (Å²) in [7, 11) is 0. The number of thiophene rings is 2. The van der Waals surface area contributed by atoms with Gasteiger partial charge >= 0.3 is 11.9 Å². The first-order valence-electron chi connectivity index (χ1n) is 10.3. The van der Waals surface area contributed by atoms with Crippen LogP contribution in [-0.2, 0) is 31.9 Å². The van der Waals surface area contributed by atoms with Gasteiger partial charge in [0.1, 0.15) is 11.5 Å². The summed E-state index contributed by atoms with van der Waals surface area (Å²) in [6.07, 6.45) is 0.376. The molecule has 0 amide bonds. The molecular weight excluding hydrogens is 519 g/mol. The molecule has 2 heterocycles. The first-order valence-corrected chi connectivity index (χ1v) is 12.8. The van der Waals surface area contributed by atoms with Crippen molar-refractivity contribution in [2.45, 2.75) is 26.7 Å². The van der Waals surface area contributed by atoms with E-state index in [1.54, 1.807) is 26.0 Å². The Hall–Kier alpha value is -2.52. The lowest BCUT2D eigenvalue weighted by molar-refractivity contribution is -0.143. The number of carbonyl (C=O) groups excluding carboxylic acids is 2. The summed E-state index contributed by atoms with van der Waals surface area (Å²) in [5, 5.41) is 25.4. The average Bonchev–Trinajstić information content (AvgIpc) is 3.33. The molecule has 0 bridgehead atoms. The summed E-state index contributed by atoms with van der Waals surface area (Å²) in [6, 6.07) is 6.37. The number of halogens is 2. The van der Waals surface area contributed by atoms with Crippen LogP contribution in [0.4, 0.5) is 0 Å². The molecule has 0 aliphatic carbocycles. The van der Waals surface area contributed by atoms with Crippen LogP contribution in [0.5, 0.6) is 11.5 Å². The van der Waals surface area contributed by atoms with Crippen LogP contribution >= 0.6 is 45.9 Å². The van der Waals surface area contributed by atoms with Crippen LogP contribution in [-0.4, -0.2) is 35.4 Å². The number of hydrogen-bond acceptors (Lipinski definition) is 8. The van der Waals surface area contributed by atoms with Crippen molar-refractivity contribution in [3.05, 3.63) is 56.2 Å². The topological polar surface area (TPSA) is 93.1 Å². The van der Waals surface area contributed by atoms with Gasteiger partial charge in [0.15, 0.2) is 0 Å². The third-order valence-corrected chi connectivity index (χ3v) is 7.14. The van der Waals surface area contributed by atoms with Gasteiger partial charge in [-0.1, -0.05) is 23.2 Å². The smallest absolute Gasteiger partial charge is 0.310 e. The number of ether oxygens (including phenoxy) is 2. The highest BCUT2D eigenvalue weighted by atomic mass is 35.5. The van der Waals surface area contributed by atoms with Crippen molar-refractivity contribution in [3.8, 4) is 11.5 Å². The predicted octanol–water partition coefficient (Wildman–Crippen LogP) is 6.73. The van der Waals surface area contributed by atoms with E-state index in [0.29, 0.717) is 28.6 Å². The molecule has 2 aromatic carbocycles. The molecular formula is C24H22Cl2O6S2. The number of benzene rings is 2. The minimum atomic E-state index is -0.290. The number of esters is 2. The normalized spacial score (nSPS) is 10.7. The van der Waals surface area contributed by atoms with Crippen LogP contribution in [0, 0.1) is 0 Å². The first kappa shape index (κ1) is 26.1. The summed E-state index contributed by atoms with van der Waals surface area (Å²) in [4.78, 5) is 22.8. The molecule has 180 valence electrons. The van der Waals surface area contributed by atoms with Crippen molar-refractivity contribution in [1.82, 2.24) is 0 Å². The number of hydrogen-bond donors (Lipinski definition) is 2. The maximum atomic E-state index is 11.4. The number of aromatic hydroxyl groups is 2. The van der Waals surface area contributed by atoms with E-state index in [4.69, 9.17) is 32.7 Å². The Labute approximate surface area is 214 Å². The highest BCUT2D eigenvalue weighted by Gasteiger charge is 2.14. The molecule has 2 aromatic heterocycles. The van der Waals surface area contributed by atoms with Crippen molar-refractivity contribution >= 4 is 78.0 Å². The Bertz CT molecular complexity index is 1230. The Morgan fingerprint density at radius 1 is 0.824 bits per heavy atom. The molecule has 0 saturated carbocycles. The zero-order valence-electron chi connectivity index (χ0n) is 18.4. The predicted molar refractivity (Wildman–Crippen MR) is 138 cm³/mol. The van der Waals surface area contributed by atoms with E-state index in [9.17, 15) is 19.8 Å². The largest absolute Gasteiger partial charge is 0.508 e. The molecule has 34 heavy (non-hydrogen) atoms. The molecule has 0 aliphatic rings. The summed E-state index contributed by atoms with van der Waals surface area (Å²) < 4.78 is 11.5. The Morgan fingerprint density at radius 3 is 1.91 bits per heavy atom. The molecule has 0 unspecified atom stereocenters. The molecule has 2 N–H and O–H groups in total. The lowest BCUT2D eigenvalue weighted by atomic mass is 10.1. The molecule has 4 rings (SSSR count). The number of fused-ring (bicyclic) bond motifs is 2. The molecule has 0 spiro atoms. The second kappa shape index (κ2) is 11.8. The molecule has 4 aromatic rings. The van der Waals surface area contributed by atoms with Crippen LogP contribution < -0.4 is 0 Å². The SMILES string of the molecule is CCOC(=O)Cc1csc2cc(Cl)cc(O)c12.CCOC(=O)Cc1csc2cc(O)cc(Cl)c12. The Kier molecular flexibility index (Phi) is 9.02. The summed E-state index contributed by atoms with van der Waals surface area (Å²) >= 11 is 14.8. The van der Waals surface area contributed by atoms with Gasteiger partial charge in [-0.3, -0.25) is 9.59 Å². The monoisotopic (exact) mass is 540 g/mol. The fraction of sp³-hybridized carbons (Fsp3) is 0.250. The van der Waals surface area contributed by atoms with Crippen molar-refractivity contribution in [3.63, 3.8) is 0 Å². The lowest BCUT2D eigenvalue weighted by Crippen LogP contribution is -2.06. The molecule has 0 atom stereocenters. The number of rotatable bonds is 6. The maximum absolute atomic E-state index is 11.4. The molecule has 0 saturated heterocycles. The summed E-state index contributed by atoms with van der Waals surface area (Å²) in [6.45, 7) is 4.27. The van der Waals surface area contributed by atoms with E-state index in [1.807, 2.05) is 10.8 Å². The van der Waals surface area contributed by atoms with Crippen LogP contribution in [0.3, 0.4) is 0 Å². The van der Waals surface area contributed by atoms with Crippen LogP contribution in [0.15, 0.2) is 35.0 Å². The van der Waals surface area contributed by atoms with E-state index in [-0.39, 0.29) is 36.3 Å². The van der Waals surface area contributed by atoms with Gasteiger partial charge in [0, 0.05) is 25.2 Å². The number of phenols is 2. The van der Waals surface area contributed by atoms with E-state index in [1.165, 1.54) is 34.8 Å². The highest BCUT2D eigenvalue weighted by molar-refractivity contribution is 7.17. The van der Waals surface area contributed by atoms with Crippen LogP contribution in [0.1, 0.15) is 25.0 Å². The van der Waals surface area contributed by atoms with Crippen molar-refractivity contribution in [2.75, 3.05) is 13.2 Å². The average molecular weight is 541 g/mol. The van der Waals surface area contributed by atoms with Gasteiger partial charge in [0.25, 0.3) is 0 Å². The van der Waals surface area contributed by atoms with Crippen molar-refractivity contribution < 1.29 is 29.3 Å². The fourth-order valence-electron chi connectivity index (χ4n) is 3.34. The molecule has 6 nitrogen and oxygen atoms in total. The fourth-order valence-corrected chi connectivity index (χ4v) is 6.04. The van der Waals surface area contributed by atoms with E-state index in [2.05, 4.69) is 0 Å². The molecule has 10 heteroatoms. The van der Waals surface area contributed by atoms with Gasteiger partial charge in [0.2, 0.25) is 0 Å². The zero-order valence-corrected chi connectivity index (χ0v) is 21.5. The van der Waals surface area contributed by atoms with E-state index < -0.39 is 0 Å². The third-order valence-electron chi connectivity index (χ3n) is 4.66. The minimum Gasteiger partial charge on any atom is -0.508 e. The number of carbonyl (C=O) groups is 2. The first-order chi connectivity index (χ1) is 16.2. The Balaban J connectivity index is 0.000000191. The summed E-state index contributed by atoms with van der Waals surface area (Å²) in [5.74, 6) is -0.321. The molecule has 0 aliphatic heterocycles. The van der Waals surface area contributed by atoms with Crippen LogP contribution in [0.25, 0.3) is 20.2 Å². The number of phenolic OH excluding ortho intramolecular Hbond substituents is 2. The van der Waals surface area contributed by atoms with Gasteiger partial charge < -0.3 is 19.7 Å².